The molecule has 0 aliphatic rings. The number of hydrogen-bond donors (Lipinski definition) is 1. The van der Waals surface area contributed by atoms with Crippen LogP contribution in [0.3, 0.4) is 0 Å². The van der Waals surface area contributed by atoms with E-state index in [1.807, 2.05) is 37.3 Å². The molecule has 0 aromatic heterocycles. The van der Waals surface area contributed by atoms with Crippen molar-refractivity contribution in [2.75, 3.05) is 5.33 Å². The molecule has 1 aromatic carbocycles. The normalized spacial score (nSPS) is 11.6. The summed E-state index contributed by atoms with van der Waals surface area (Å²) in [5, 5.41) is 1.18. The molecule has 0 aliphatic heterocycles. The van der Waals surface area contributed by atoms with E-state index in [-0.39, 0.29) is 6.04 Å². The van der Waals surface area contributed by atoms with E-state index in [0.717, 1.165) is 0 Å². The van der Waals surface area contributed by atoms with Crippen LogP contribution >= 0.6 is 15.9 Å². The summed E-state index contributed by atoms with van der Waals surface area (Å²) in [6.45, 7) is 4.26. The second-order valence-electron chi connectivity index (χ2n) is 6.07. The Morgan fingerprint density at radius 2 is 1.27 bits per heavy atom. The summed E-state index contributed by atoms with van der Waals surface area (Å²) in [6, 6.07) is 10.2. The van der Waals surface area contributed by atoms with Gasteiger partial charge in [-0.25, -0.2) is 0 Å². The lowest BCUT2D eigenvalue weighted by Crippen LogP contribution is -2.03. The van der Waals surface area contributed by atoms with Gasteiger partial charge in [-0.3, -0.25) is 0 Å². The molecule has 0 spiro atoms. The van der Waals surface area contributed by atoms with Crippen molar-refractivity contribution in [2.45, 2.75) is 84.1 Å². The number of hydrogen-bond acceptors (Lipinski definition) is 1. The molecule has 1 rings (SSSR count). The molecule has 1 atom stereocenters. The van der Waals surface area contributed by atoms with E-state index >= 15 is 0 Å². The van der Waals surface area contributed by atoms with Gasteiger partial charge in [0.1, 0.15) is 0 Å². The lowest BCUT2D eigenvalue weighted by Gasteiger charge is -2.02. The van der Waals surface area contributed by atoms with Gasteiger partial charge in [-0.15, -0.1) is 0 Å². The third-order valence-corrected chi connectivity index (χ3v) is 4.37. The number of benzene rings is 1. The van der Waals surface area contributed by atoms with Gasteiger partial charge in [0.15, 0.2) is 0 Å². The van der Waals surface area contributed by atoms with E-state index in [2.05, 4.69) is 22.9 Å². The van der Waals surface area contributed by atoms with E-state index in [0.29, 0.717) is 0 Å². The standard InChI is InChI=1S/C12H25Br.C8H11N/c1-2-3-4-5-6-7-8-9-10-11-12-13;1-7(9)8-5-3-2-4-6-8/h2-12H2,1H3;2-7H,9H2,1H3. The van der Waals surface area contributed by atoms with Crippen LogP contribution in [0.2, 0.25) is 0 Å². The monoisotopic (exact) mass is 369 g/mol. The minimum Gasteiger partial charge on any atom is -0.324 e. The summed E-state index contributed by atoms with van der Waals surface area (Å²) in [5.74, 6) is 0. The minimum atomic E-state index is 0.159. The molecule has 1 nitrogen and oxygen atoms in total. The van der Waals surface area contributed by atoms with Gasteiger partial charge in [-0.05, 0) is 18.9 Å². The molecule has 0 radical (unpaired) electrons. The predicted molar refractivity (Wildman–Crippen MR) is 105 cm³/mol. The molecule has 0 aliphatic carbocycles. The highest BCUT2D eigenvalue weighted by atomic mass is 79.9. The Morgan fingerprint density at radius 1 is 0.818 bits per heavy atom. The molecule has 0 fully saturated rings. The first-order valence-corrected chi connectivity index (χ1v) is 10.2. The molecular weight excluding hydrogens is 334 g/mol. The van der Waals surface area contributed by atoms with E-state index in [1.165, 1.54) is 75.1 Å². The van der Waals surface area contributed by atoms with Crippen molar-refractivity contribution in [3.8, 4) is 0 Å². The third-order valence-electron chi connectivity index (χ3n) is 3.81. The molecule has 0 heterocycles. The average molecular weight is 370 g/mol. The number of rotatable bonds is 11. The van der Waals surface area contributed by atoms with Crippen molar-refractivity contribution < 1.29 is 0 Å². The highest BCUT2D eigenvalue weighted by Crippen LogP contribution is 2.10. The fourth-order valence-electron chi connectivity index (χ4n) is 2.34. The summed E-state index contributed by atoms with van der Waals surface area (Å²) in [4.78, 5) is 0. The van der Waals surface area contributed by atoms with Crippen molar-refractivity contribution in [2.24, 2.45) is 5.73 Å². The molecule has 0 amide bonds. The molecule has 2 heteroatoms. The summed E-state index contributed by atoms with van der Waals surface area (Å²) in [5.41, 5.74) is 6.81. The average Bonchev–Trinajstić information content (AvgIpc) is 2.55. The van der Waals surface area contributed by atoms with E-state index in [9.17, 15) is 0 Å². The number of halogens is 1. The number of alkyl halides is 1. The van der Waals surface area contributed by atoms with Crippen LogP contribution in [-0.2, 0) is 0 Å². The Kier molecular flexibility index (Phi) is 16.8. The summed E-state index contributed by atoms with van der Waals surface area (Å²) in [6.07, 6.45) is 14.3. The van der Waals surface area contributed by atoms with Gasteiger partial charge in [0, 0.05) is 11.4 Å². The van der Waals surface area contributed by atoms with Crippen molar-refractivity contribution in [1.29, 1.82) is 0 Å². The molecule has 22 heavy (non-hydrogen) atoms. The SMILES string of the molecule is CC(N)c1ccccc1.CCCCCCCCCCCCBr. The highest BCUT2D eigenvalue weighted by molar-refractivity contribution is 9.09. The van der Waals surface area contributed by atoms with Gasteiger partial charge in [-0.2, -0.15) is 0 Å². The lowest BCUT2D eigenvalue weighted by atomic mass is 10.1. The van der Waals surface area contributed by atoms with Crippen molar-refractivity contribution in [3.05, 3.63) is 35.9 Å². The maximum absolute atomic E-state index is 5.61. The molecule has 0 bridgehead atoms. The zero-order valence-electron chi connectivity index (χ0n) is 14.7. The van der Waals surface area contributed by atoms with Crippen LogP contribution in [-0.4, -0.2) is 5.33 Å². The second-order valence-corrected chi connectivity index (χ2v) is 6.86. The quantitative estimate of drug-likeness (QED) is 0.329. The Balaban J connectivity index is 0.000000425. The Morgan fingerprint density at radius 3 is 1.64 bits per heavy atom. The van der Waals surface area contributed by atoms with Crippen LogP contribution in [0.5, 0.6) is 0 Å². The summed E-state index contributed by atoms with van der Waals surface area (Å²) >= 11 is 3.46. The minimum absolute atomic E-state index is 0.159. The van der Waals surface area contributed by atoms with Gasteiger partial charge in [0.25, 0.3) is 0 Å². The maximum Gasteiger partial charge on any atom is 0.0266 e. The first-order valence-electron chi connectivity index (χ1n) is 9.08. The van der Waals surface area contributed by atoms with Crippen molar-refractivity contribution in [1.82, 2.24) is 0 Å². The molecular formula is C20H36BrN. The van der Waals surface area contributed by atoms with Gasteiger partial charge < -0.3 is 5.73 Å². The Hall–Kier alpha value is -0.340. The highest BCUT2D eigenvalue weighted by Gasteiger charge is 1.93. The fourth-order valence-corrected chi connectivity index (χ4v) is 2.74. The lowest BCUT2D eigenvalue weighted by molar-refractivity contribution is 0.563. The zero-order chi connectivity index (χ0) is 16.5. The van der Waals surface area contributed by atoms with E-state index in [1.54, 1.807) is 0 Å². The van der Waals surface area contributed by atoms with Crippen molar-refractivity contribution in [3.63, 3.8) is 0 Å². The molecule has 2 N–H and O–H groups in total. The molecule has 128 valence electrons. The van der Waals surface area contributed by atoms with Crippen LogP contribution in [0.15, 0.2) is 30.3 Å². The van der Waals surface area contributed by atoms with Crippen molar-refractivity contribution >= 4 is 15.9 Å². The number of nitrogens with two attached hydrogens (primary N) is 1. The van der Waals surface area contributed by atoms with Crippen LogP contribution in [0.25, 0.3) is 0 Å². The summed E-state index contributed by atoms with van der Waals surface area (Å²) in [7, 11) is 0. The van der Waals surface area contributed by atoms with Gasteiger partial charge in [-0.1, -0.05) is 111 Å². The largest absolute Gasteiger partial charge is 0.324 e. The van der Waals surface area contributed by atoms with Gasteiger partial charge in [0.2, 0.25) is 0 Å². The third kappa shape index (κ3) is 14.6. The van der Waals surface area contributed by atoms with Crippen LogP contribution in [0.1, 0.15) is 89.7 Å². The maximum atomic E-state index is 5.61. The van der Waals surface area contributed by atoms with Gasteiger partial charge in [0.05, 0.1) is 0 Å². The molecule has 1 unspecified atom stereocenters. The molecule has 1 aromatic rings. The Labute approximate surface area is 147 Å². The summed E-state index contributed by atoms with van der Waals surface area (Å²) < 4.78 is 0. The topological polar surface area (TPSA) is 26.0 Å². The first-order chi connectivity index (χ1) is 10.7. The predicted octanol–water partition coefficient (Wildman–Crippen LogP) is 7.01. The van der Waals surface area contributed by atoms with Gasteiger partial charge >= 0.3 is 0 Å². The van der Waals surface area contributed by atoms with E-state index < -0.39 is 0 Å². The van der Waals surface area contributed by atoms with Crippen LogP contribution < -0.4 is 5.73 Å². The molecule has 0 saturated carbocycles. The second kappa shape index (κ2) is 17.0. The number of unbranched alkanes of at least 4 members (excludes halogenated alkanes) is 9. The van der Waals surface area contributed by atoms with Crippen LogP contribution in [0, 0.1) is 0 Å². The Bertz CT molecular complexity index is 301. The van der Waals surface area contributed by atoms with Crippen LogP contribution in [0.4, 0.5) is 0 Å². The van der Waals surface area contributed by atoms with E-state index in [4.69, 9.17) is 5.73 Å². The first kappa shape index (κ1) is 21.7. The smallest absolute Gasteiger partial charge is 0.0266 e. The molecule has 0 saturated heterocycles. The zero-order valence-corrected chi connectivity index (χ0v) is 16.3. The fraction of sp³-hybridized carbons (Fsp3) is 0.700.